The quantitative estimate of drug-likeness (QED) is 0.507. The molecule has 2 nitrogen and oxygen atoms in total. The van der Waals surface area contributed by atoms with Crippen LogP contribution in [0.25, 0.3) is 0 Å². The molecule has 0 aromatic rings. The smallest absolute Gasteiger partial charge is 0.314 e. The maximum Gasteiger partial charge on any atom is 0.469 e. The van der Waals surface area contributed by atoms with Crippen molar-refractivity contribution in [1.82, 2.24) is 10.2 Å². The molecule has 1 saturated heterocycles. The van der Waals surface area contributed by atoms with Crippen LogP contribution in [0.3, 0.4) is 0 Å². The molecule has 0 radical (unpaired) electrons. The normalized spacial score (nSPS) is 21.9. The maximum atomic E-state index is 12.6. The Morgan fingerprint density at radius 3 is 1.77 bits per heavy atom. The van der Waals surface area contributed by atoms with Crippen molar-refractivity contribution in [1.29, 1.82) is 0 Å². The summed E-state index contributed by atoms with van der Waals surface area (Å²) < 4.78 is 60.6. The molecule has 1 N–H and O–H groups in total. The minimum absolute atomic E-state index is 0.142. The number of hydrogen-bond acceptors (Lipinski definition) is 2. The van der Waals surface area contributed by atoms with Gasteiger partial charge in [0.25, 0.3) is 0 Å². The third-order valence-electron chi connectivity index (χ3n) is 1.86. The van der Waals surface area contributed by atoms with Crippen molar-refractivity contribution in [3.8, 4) is 0 Å². The molecule has 1 aliphatic heterocycles. The number of nitrogens with one attached hydrogen (secondary N) is 1. The molecule has 7 heteroatoms. The van der Waals surface area contributed by atoms with Gasteiger partial charge in [0.2, 0.25) is 0 Å². The van der Waals surface area contributed by atoms with Gasteiger partial charge in [0, 0.05) is 26.2 Å². The number of halogens is 5. The van der Waals surface area contributed by atoms with Gasteiger partial charge in [0.05, 0.1) is 0 Å². The molecule has 1 fully saturated rings. The first kappa shape index (κ1) is 10.6. The zero-order valence-electron chi connectivity index (χ0n) is 6.67. The fourth-order valence-corrected chi connectivity index (χ4v) is 1.12. The summed E-state index contributed by atoms with van der Waals surface area (Å²) in [6.07, 6.45) is -5.48. The first-order valence-electron chi connectivity index (χ1n) is 3.76. The Morgan fingerprint density at radius 1 is 0.923 bits per heavy atom. The van der Waals surface area contributed by atoms with E-state index < -0.39 is 12.2 Å². The number of alkyl halides is 5. The first-order valence-corrected chi connectivity index (χ1v) is 3.76. The van der Waals surface area contributed by atoms with Gasteiger partial charge in [0.15, 0.2) is 0 Å². The van der Waals surface area contributed by atoms with E-state index in [4.69, 9.17) is 0 Å². The van der Waals surface area contributed by atoms with Gasteiger partial charge in [-0.1, -0.05) is 0 Å². The van der Waals surface area contributed by atoms with Crippen molar-refractivity contribution in [2.45, 2.75) is 12.2 Å². The van der Waals surface area contributed by atoms with E-state index in [1.165, 1.54) is 0 Å². The number of nitrogens with zero attached hydrogens (tertiary/aromatic N) is 1. The van der Waals surface area contributed by atoms with Crippen LogP contribution >= 0.6 is 0 Å². The second-order valence-electron chi connectivity index (χ2n) is 2.78. The molecular weight excluding hydrogens is 195 g/mol. The molecule has 1 aliphatic rings. The van der Waals surface area contributed by atoms with Crippen LogP contribution in [0.4, 0.5) is 22.0 Å². The van der Waals surface area contributed by atoms with Crippen LogP contribution in [0, 0.1) is 0 Å². The zero-order chi connectivity index (χ0) is 10.1. The van der Waals surface area contributed by atoms with E-state index in [0.29, 0.717) is 0 Å². The van der Waals surface area contributed by atoms with E-state index >= 15 is 0 Å². The molecule has 13 heavy (non-hydrogen) atoms. The molecule has 0 aromatic heterocycles. The third-order valence-corrected chi connectivity index (χ3v) is 1.86. The third kappa shape index (κ3) is 2.08. The van der Waals surface area contributed by atoms with Crippen molar-refractivity contribution >= 4 is 0 Å². The lowest BCUT2D eigenvalue weighted by Crippen LogP contribution is -2.58. The number of piperazine rings is 1. The Balaban J connectivity index is 2.67. The highest BCUT2D eigenvalue weighted by Crippen LogP contribution is 2.38. The van der Waals surface area contributed by atoms with Gasteiger partial charge in [-0.25, -0.2) is 4.90 Å². The van der Waals surface area contributed by atoms with Gasteiger partial charge in [-0.3, -0.25) is 0 Å². The fraction of sp³-hybridized carbons (Fsp3) is 1.00. The highest BCUT2D eigenvalue weighted by Gasteiger charge is 2.61. The summed E-state index contributed by atoms with van der Waals surface area (Å²) >= 11 is 0. The van der Waals surface area contributed by atoms with Gasteiger partial charge in [0.1, 0.15) is 0 Å². The molecule has 0 aliphatic carbocycles. The van der Waals surface area contributed by atoms with Crippen LogP contribution in [-0.2, 0) is 0 Å². The second kappa shape index (κ2) is 3.38. The molecule has 78 valence electrons. The van der Waals surface area contributed by atoms with E-state index in [1.54, 1.807) is 0 Å². The van der Waals surface area contributed by atoms with Crippen molar-refractivity contribution < 1.29 is 22.0 Å². The van der Waals surface area contributed by atoms with E-state index in [2.05, 4.69) is 5.32 Å². The van der Waals surface area contributed by atoms with Gasteiger partial charge in [-0.05, 0) is 0 Å². The zero-order valence-corrected chi connectivity index (χ0v) is 6.67. The Labute approximate surface area is 71.7 Å². The second-order valence-corrected chi connectivity index (χ2v) is 2.78. The topological polar surface area (TPSA) is 15.3 Å². The minimum Gasteiger partial charge on any atom is -0.314 e. The van der Waals surface area contributed by atoms with Crippen molar-refractivity contribution in [3.63, 3.8) is 0 Å². The predicted molar refractivity (Wildman–Crippen MR) is 35.4 cm³/mol. The van der Waals surface area contributed by atoms with Gasteiger partial charge < -0.3 is 5.32 Å². The molecule has 0 spiro atoms. The summed E-state index contributed by atoms with van der Waals surface area (Å²) in [5.74, 6) is 0. The number of hydrogen-bond donors (Lipinski definition) is 1. The monoisotopic (exact) mass is 204 g/mol. The first-order chi connectivity index (χ1) is 5.86. The van der Waals surface area contributed by atoms with Crippen LogP contribution in [-0.4, -0.2) is 43.3 Å². The molecule has 0 saturated carbocycles. The van der Waals surface area contributed by atoms with Crippen molar-refractivity contribution in [2.75, 3.05) is 26.2 Å². The summed E-state index contributed by atoms with van der Waals surface area (Å²) in [5.41, 5.74) is 0. The molecule has 1 heterocycles. The lowest BCUT2D eigenvalue weighted by Gasteiger charge is -2.34. The maximum absolute atomic E-state index is 12.6. The predicted octanol–water partition coefficient (Wildman–Crippen LogP) is 1.05. The standard InChI is InChI=1S/C6H9F5N2/c7-5(8,9)6(10,11)13-3-1-12-2-4-13/h12H,1-4H2. The van der Waals surface area contributed by atoms with Gasteiger partial charge >= 0.3 is 12.2 Å². The van der Waals surface area contributed by atoms with Crippen molar-refractivity contribution in [3.05, 3.63) is 0 Å². The summed E-state index contributed by atoms with van der Waals surface area (Å²) in [6.45, 7) is -0.254. The lowest BCUT2D eigenvalue weighted by molar-refractivity contribution is -0.341. The van der Waals surface area contributed by atoms with Gasteiger partial charge in [-0.15, -0.1) is 0 Å². The Bertz CT molecular complexity index is 172. The summed E-state index contributed by atoms with van der Waals surface area (Å²) in [7, 11) is 0. The van der Waals surface area contributed by atoms with Crippen LogP contribution in [0.2, 0.25) is 0 Å². The van der Waals surface area contributed by atoms with Gasteiger partial charge in [-0.2, -0.15) is 22.0 Å². The molecular formula is C6H9F5N2. The summed E-state index contributed by atoms with van der Waals surface area (Å²) in [4.78, 5) is 0.142. The number of rotatable bonds is 1. The average Bonchev–Trinajstić information content (AvgIpc) is 2.04. The Morgan fingerprint density at radius 2 is 1.38 bits per heavy atom. The van der Waals surface area contributed by atoms with E-state index in [0.717, 1.165) is 0 Å². The molecule has 1 rings (SSSR count). The van der Waals surface area contributed by atoms with Crippen LogP contribution in [0.5, 0.6) is 0 Å². The van der Waals surface area contributed by atoms with Crippen LogP contribution in [0.1, 0.15) is 0 Å². The minimum atomic E-state index is -5.48. The van der Waals surface area contributed by atoms with E-state index in [1.807, 2.05) is 0 Å². The lowest BCUT2D eigenvalue weighted by atomic mass is 10.3. The Kier molecular flexibility index (Phi) is 2.76. The highest BCUT2D eigenvalue weighted by molar-refractivity contribution is 4.80. The molecule has 0 bridgehead atoms. The summed E-state index contributed by atoms with van der Waals surface area (Å²) in [6, 6.07) is -4.70. The summed E-state index contributed by atoms with van der Waals surface area (Å²) in [5, 5.41) is 2.70. The average molecular weight is 204 g/mol. The highest BCUT2D eigenvalue weighted by atomic mass is 19.4. The van der Waals surface area contributed by atoms with Crippen molar-refractivity contribution in [2.24, 2.45) is 0 Å². The largest absolute Gasteiger partial charge is 0.469 e. The van der Waals surface area contributed by atoms with Crippen LogP contribution in [0.15, 0.2) is 0 Å². The molecule has 0 aromatic carbocycles. The molecule has 0 amide bonds. The fourth-order valence-electron chi connectivity index (χ4n) is 1.12. The SMILES string of the molecule is FC(F)(F)C(F)(F)N1CCNCC1. The van der Waals surface area contributed by atoms with E-state index in [9.17, 15) is 22.0 Å². The molecule has 0 unspecified atom stereocenters. The molecule has 0 atom stereocenters. The van der Waals surface area contributed by atoms with E-state index in [-0.39, 0.29) is 31.1 Å². The Hall–Kier alpha value is -0.430. The van der Waals surface area contributed by atoms with Crippen LogP contribution < -0.4 is 5.32 Å².